The summed E-state index contributed by atoms with van der Waals surface area (Å²) in [5.41, 5.74) is 4.76. The Morgan fingerprint density at radius 1 is 0.907 bits per heavy atom. The van der Waals surface area contributed by atoms with Gasteiger partial charge >= 0.3 is 11.9 Å². The molecule has 0 radical (unpaired) electrons. The van der Waals surface area contributed by atoms with Crippen LogP contribution in [0.2, 0.25) is 5.02 Å². The van der Waals surface area contributed by atoms with E-state index in [9.17, 15) is 9.59 Å². The number of nitrogens with zero attached hydrogens (tertiary/aromatic N) is 2. The highest BCUT2D eigenvalue weighted by Crippen LogP contribution is 2.34. The third-order valence-electron chi connectivity index (χ3n) is 7.24. The van der Waals surface area contributed by atoms with E-state index in [0.29, 0.717) is 28.4 Å². The number of unbranched alkanes of at least 4 members (excludes halogenated alkanes) is 1. The van der Waals surface area contributed by atoms with Crippen molar-refractivity contribution in [3.05, 3.63) is 100 Å². The van der Waals surface area contributed by atoms with Gasteiger partial charge in [-0.3, -0.25) is 0 Å². The van der Waals surface area contributed by atoms with E-state index in [1.165, 1.54) is 0 Å². The average molecular weight is 601 g/mol. The number of hydrogen-bond donors (Lipinski definition) is 0. The minimum Gasteiger partial charge on any atom is -0.463 e. The molecule has 0 aliphatic carbocycles. The number of rotatable bonds is 10. The Morgan fingerprint density at radius 3 is 2.19 bits per heavy atom. The molecular formula is C36H41ClN2O4. The van der Waals surface area contributed by atoms with E-state index in [1.807, 2.05) is 89.2 Å². The molecule has 4 rings (SSSR count). The lowest BCUT2D eigenvalue weighted by atomic mass is 9.95. The fourth-order valence-corrected chi connectivity index (χ4v) is 5.26. The smallest absolute Gasteiger partial charge is 0.339 e. The molecule has 3 aromatic carbocycles. The van der Waals surface area contributed by atoms with Crippen LogP contribution in [-0.4, -0.2) is 40.9 Å². The zero-order valence-electron chi connectivity index (χ0n) is 25.9. The van der Waals surface area contributed by atoms with Crippen molar-refractivity contribution in [2.75, 3.05) is 6.61 Å². The summed E-state index contributed by atoms with van der Waals surface area (Å²) >= 11 is 6.16. The Hall–Kier alpha value is -3.90. The summed E-state index contributed by atoms with van der Waals surface area (Å²) < 4.78 is 11.2. The number of carbonyl (C=O) groups excluding carboxylic acids is 2. The Bertz CT molecular complexity index is 1500. The van der Waals surface area contributed by atoms with Crippen molar-refractivity contribution in [3.63, 3.8) is 0 Å². The zero-order chi connectivity index (χ0) is 31.1. The molecule has 3 aromatic rings. The number of esters is 2. The van der Waals surface area contributed by atoms with Gasteiger partial charge in [-0.05, 0) is 75.9 Å². The average Bonchev–Trinajstić information content (AvgIpc) is 2.97. The van der Waals surface area contributed by atoms with Crippen molar-refractivity contribution >= 4 is 35.1 Å². The Kier molecular flexibility index (Phi) is 10.5. The molecule has 0 saturated carbocycles. The van der Waals surface area contributed by atoms with E-state index >= 15 is 0 Å². The molecule has 1 aliphatic heterocycles. The number of aliphatic imine (C=N–C) groups is 1. The second-order valence-corrected chi connectivity index (χ2v) is 12.1. The molecule has 43 heavy (non-hydrogen) atoms. The lowest BCUT2D eigenvalue weighted by molar-refractivity contribution is -0.139. The van der Waals surface area contributed by atoms with Crippen LogP contribution < -0.4 is 0 Å². The fourth-order valence-electron chi connectivity index (χ4n) is 5.13. The minimum absolute atomic E-state index is 0.262. The maximum Gasteiger partial charge on any atom is 0.339 e. The highest BCUT2D eigenvalue weighted by Gasteiger charge is 2.34. The fraction of sp³-hybridized carbons (Fsp3) is 0.361. The van der Waals surface area contributed by atoms with Crippen LogP contribution >= 0.6 is 11.6 Å². The second-order valence-electron chi connectivity index (χ2n) is 11.7. The molecule has 0 fully saturated rings. The predicted molar refractivity (Wildman–Crippen MR) is 174 cm³/mol. The highest BCUT2D eigenvalue weighted by atomic mass is 35.5. The lowest BCUT2D eigenvalue weighted by Crippen LogP contribution is -2.44. The maximum atomic E-state index is 13.3. The van der Waals surface area contributed by atoms with Crippen LogP contribution in [-0.2, 0) is 20.8 Å². The summed E-state index contributed by atoms with van der Waals surface area (Å²) in [6.07, 6.45) is 2.79. The van der Waals surface area contributed by atoms with Gasteiger partial charge in [-0.25, -0.2) is 14.6 Å². The first-order chi connectivity index (χ1) is 20.5. The van der Waals surface area contributed by atoms with Gasteiger partial charge in [0.15, 0.2) is 0 Å². The number of carbonyl (C=O) groups is 2. The summed E-state index contributed by atoms with van der Waals surface area (Å²) in [7, 11) is 0. The van der Waals surface area contributed by atoms with Crippen molar-refractivity contribution in [3.8, 4) is 11.1 Å². The number of halogens is 1. The molecule has 1 atom stereocenters. The van der Waals surface area contributed by atoms with Gasteiger partial charge in [-0.2, -0.15) is 0 Å². The molecule has 1 unspecified atom stereocenters. The van der Waals surface area contributed by atoms with Crippen molar-refractivity contribution in [2.24, 2.45) is 4.99 Å². The SMILES string of the molecule is CCCCC1=NC(c2ccc(Cl)cc2)=C(C(=O)OCC)C(C)N1Cc1ccc(-c2ccccc2C(=O)OC(C)(C)C)cc1. The standard InChI is InChI=1S/C36H41ClN2O4/c1-7-9-14-31-38-33(27-19-21-28(37)22-20-27)32(35(41)42-8-2)24(3)39(31)23-25-15-17-26(18-16-25)29-12-10-11-13-30(29)34(40)43-36(4,5)6/h10-13,15-22,24H,7-9,14,23H2,1-6H3. The summed E-state index contributed by atoms with van der Waals surface area (Å²) in [5.74, 6) is 0.227. The molecule has 7 heteroatoms. The quantitative estimate of drug-likeness (QED) is 0.218. The van der Waals surface area contributed by atoms with Gasteiger partial charge in [-0.15, -0.1) is 0 Å². The van der Waals surface area contributed by atoms with Gasteiger partial charge < -0.3 is 14.4 Å². The van der Waals surface area contributed by atoms with E-state index < -0.39 is 5.60 Å². The van der Waals surface area contributed by atoms with Gasteiger partial charge in [0.1, 0.15) is 11.4 Å². The molecule has 6 nitrogen and oxygen atoms in total. The van der Waals surface area contributed by atoms with Crippen LogP contribution in [0.3, 0.4) is 0 Å². The Morgan fingerprint density at radius 2 is 1.56 bits per heavy atom. The van der Waals surface area contributed by atoms with E-state index in [1.54, 1.807) is 6.07 Å². The maximum absolute atomic E-state index is 13.3. The topological polar surface area (TPSA) is 68.2 Å². The number of amidine groups is 1. The summed E-state index contributed by atoms with van der Waals surface area (Å²) in [5, 5.41) is 0.625. The summed E-state index contributed by atoms with van der Waals surface area (Å²) in [6, 6.07) is 22.8. The Balaban J connectivity index is 1.67. The predicted octanol–water partition coefficient (Wildman–Crippen LogP) is 8.73. The summed E-state index contributed by atoms with van der Waals surface area (Å²) in [6.45, 7) is 12.4. The molecular weight excluding hydrogens is 560 g/mol. The first kappa shape index (κ1) is 32.0. The van der Waals surface area contributed by atoms with Crippen LogP contribution in [0, 0.1) is 0 Å². The van der Waals surface area contributed by atoms with Gasteiger partial charge in [-0.1, -0.05) is 79.5 Å². The number of ether oxygens (including phenoxy) is 2. The molecule has 226 valence electrons. The van der Waals surface area contributed by atoms with Crippen LogP contribution in [0.4, 0.5) is 0 Å². The normalized spacial score (nSPS) is 15.3. The van der Waals surface area contributed by atoms with E-state index in [-0.39, 0.29) is 24.6 Å². The van der Waals surface area contributed by atoms with Gasteiger partial charge in [0, 0.05) is 23.6 Å². The number of benzene rings is 3. The van der Waals surface area contributed by atoms with Crippen molar-refractivity contribution in [2.45, 2.75) is 79.0 Å². The van der Waals surface area contributed by atoms with Gasteiger partial charge in [0.05, 0.1) is 29.5 Å². The molecule has 0 saturated heterocycles. The molecule has 0 amide bonds. The van der Waals surface area contributed by atoms with E-state index in [4.69, 9.17) is 26.1 Å². The molecule has 0 spiro atoms. The minimum atomic E-state index is -0.583. The van der Waals surface area contributed by atoms with E-state index in [2.05, 4.69) is 24.0 Å². The first-order valence-corrected chi connectivity index (χ1v) is 15.3. The molecule has 1 heterocycles. The summed E-state index contributed by atoms with van der Waals surface area (Å²) in [4.78, 5) is 33.5. The van der Waals surface area contributed by atoms with Crippen LogP contribution in [0.25, 0.3) is 16.8 Å². The molecule has 0 N–H and O–H groups in total. The van der Waals surface area contributed by atoms with E-state index in [0.717, 1.165) is 47.4 Å². The molecule has 1 aliphatic rings. The van der Waals surface area contributed by atoms with Crippen LogP contribution in [0.5, 0.6) is 0 Å². The monoisotopic (exact) mass is 600 g/mol. The number of hydrogen-bond acceptors (Lipinski definition) is 6. The van der Waals surface area contributed by atoms with Gasteiger partial charge in [0.25, 0.3) is 0 Å². The largest absolute Gasteiger partial charge is 0.463 e. The lowest BCUT2D eigenvalue weighted by Gasteiger charge is -2.37. The zero-order valence-corrected chi connectivity index (χ0v) is 26.7. The van der Waals surface area contributed by atoms with Gasteiger partial charge in [0.2, 0.25) is 0 Å². The van der Waals surface area contributed by atoms with Crippen molar-refractivity contribution in [1.29, 1.82) is 0 Å². The van der Waals surface area contributed by atoms with Crippen molar-refractivity contribution < 1.29 is 19.1 Å². The highest BCUT2D eigenvalue weighted by molar-refractivity contribution is 6.30. The third-order valence-corrected chi connectivity index (χ3v) is 7.50. The molecule has 0 bridgehead atoms. The Labute approximate surface area is 260 Å². The second kappa shape index (κ2) is 14.0. The van der Waals surface area contributed by atoms with Crippen LogP contribution in [0.15, 0.2) is 83.4 Å². The first-order valence-electron chi connectivity index (χ1n) is 15.0. The molecule has 0 aromatic heterocycles. The van der Waals surface area contributed by atoms with Crippen LogP contribution in [0.1, 0.15) is 82.3 Å². The van der Waals surface area contributed by atoms with Crippen molar-refractivity contribution in [1.82, 2.24) is 4.90 Å². The third kappa shape index (κ3) is 7.94.